The van der Waals surface area contributed by atoms with Gasteiger partial charge >= 0.3 is 5.69 Å². The van der Waals surface area contributed by atoms with E-state index in [1.165, 1.54) is 30.9 Å². The molecule has 1 amide bonds. The number of nitrogens with zero attached hydrogens (tertiary/aromatic N) is 4. The lowest BCUT2D eigenvalue weighted by Gasteiger charge is -2.30. The Morgan fingerprint density at radius 1 is 1.16 bits per heavy atom. The highest BCUT2D eigenvalue weighted by atomic mass is 32.1. The molecule has 0 bridgehead atoms. The molecule has 0 spiro atoms. The van der Waals surface area contributed by atoms with Crippen LogP contribution in [-0.2, 0) is 4.79 Å². The van der Waals surface area contributed by atoms with E-state index in [1.54, 1.807) is 42.2 Å². The van der Waals surface area contributed by atoms with Crippen molar-refractivity contribution >= 4 is 29.0 Å². The number of carbonyl (C=O) groups is 1. The number of fused-ring (bicyclic) bond motifs is 1. The number of amides is 1. The molecule has 1 aliphatic heterocycles. The lowest BCUT2D eigenvalue weighted by atomic mass is 9.93. The van der Waals surface area contributed by atoms with Gasteiger partial charge in [-0.25, -0.2) is 4.99 Å². The fraction of sp³-hybridized carbons (Fsp3) is 0.258. The number of furan rings is 1. The van der Waals surface area contributed by atoms with Gasteiger partial charge in [0.1, 0.15) is 29.1 Å². The van der Waals surface area contributed by atoms with E-state index < -0.39 is 28.0 Å². The minimum absolute atomic E-state index is 0.246. The average molecular weight is 621 g/mol. The van der Waals surface area contributed by atoms with E-state index in [9.17, 15) is 24.1 Å². The van der Waals surface area contributed by atoms with Crippen LogP contribution in [-0.4, -0.2) is 47.6 Å². The molecule has 13 heteroatoms. The summed E-state index contributed by atoms with van der Waals surface area (Å²) < 4.78 is 32.6. The number of benzene rings is 2. The normalized spacial score (nSPS) is 14.7. The third-order valence-corrected chi connectivity index (χ3v) is 8.34. The van der Waals surface area contributed by atoms with Crippen LogP contribution in [0.2, 0.25) is 0 Å². The van der Waals surface area contributed by atoms with Gasteiger partial charge < -0.3 is 18.8 Å². The lowest BCUT2D eigenvalue weighted by molar-refractivity contribution is -0.387. The number of allylic oxidation sites excluding steroid dienone is 1. The smallest absolute Gasteiger partial charge is 0.305 e. The molecule has 1 atom stereocenters. The Morgan fingerprint density at radius 3 is 2.57 bits per heavy atom. The maximum atomic E-state index is 14.1. The van der Waals surface area contributed by atoms with Crippen LogP contribution in [0.1, 0.15) is 38.1 Å². The van der Waals surface area contributed by atoms with E-state index in [1.807, 2.05) is 13.8 Å². The van der Waals surface area contributed by atoms with Gasteiger partial charge in [0, 0.05) is 36.4 Å². The molecule has 0 fully saturated rings. The van der Waals surface area contributed by atoms with Gasteiger partial charge in [-0.3, -0.25) is 24.3 Å². The number of hydrogen-bond acceptors (Lipinski definition) is 9. The molecule has 0 N–H and O–H groups in total. The molecule has 4 aromatic rings. The van der Waals surface area contributed by atoms with E-state index in [0.717, 1.165) is 23.5 Å². The summed E-state index contributed by atoms with van der Waals surface area (Å²) in [5, 5.41) is 11.2. The van der Waals surface area contributed by atoms with Gasteiger partial charge in [-0.2, -0.15) is 4.39 Å². The van der Waals surface area contributed by atoms with Crippen molar-refractivity contribution < 1.29 is 28.0 Å². The Hall–Kier alpha value is -5.04. The van der Waals surface area contributed by atoms with Crippen molar-refractivity contribution in [1.82, 2.24) is 9.47 Å². The topological polar surface area (TPSA) is 129 Å². The van der Waals surface area contributed by atoms with Gasteiger partial charge in [0.15, 0.2) is 4.80 Å². The van der Waals surface area contributed by atoms with E-state index in [0.29, 0.717) is 57.5 Å². The molecule has 44 heavy (non-hydrogen) atoms. The standard InChI is InChI=1S/C31H29FN4O7S/c1-6-34(7-2)30(38)27-17(3)33-31-35(28(27)21-15-19(41-4)9-13-25(21)42-5)29(37)26(44-31)16-20-10-12-24(43-20)18-8-11-22(32)23(14-18)36(39)40/h8-16,28H,6-7H2,1-5H3/b26-16+/t28-/m0/s1. The lowest BCUT2D eigenvalue weighted by Crippen LogP contribution is -2.43. The number of thiazole rings is 1. The number of aromatic nitrogens is 1. The van der Waals surface area contributed by atoms with Gasteiger partial charge in [0.05, 0.1) is 34.9 Å². The zero-order valence-corrected chi connectivity index (χ0v) is 25.4. The molecular weight excluding hydrogens is 591 g/mol. The Bertz CT molecular complexity index is 1990. The van der Waals surface area contributed by atoms with Crippen molar-refractivity contribution in [3.05, 3.63) is 107 Å². The SMILES string of the molecule is CCN(CC)C(=O)C1=C(C)N=c2s/c(=C/c3ccc(-c4ccc(F)c([N+](=O)[O-])c4)o3)c(=O)n2[C@H]1c1cc(OC)ccc1OC. The molecule has 228 valence electrons. The number of halogens is 1. The number of ether oxygens (including phenoxy) is 2. The monoisotopic (exact) mass is 620 g/mol. The fourth-order valence-corrected chi connectivity index (χ4v) is 6.17. The summed E-state index contributed by atoms with van der Waals surface area (Å²) >= 11 is 1.13. The number of hydrogen-bond donors (Lipinski definition) is 0. The van der Waals surface area contributed by atoms with Crippen LogP contribution in [0.4, 0.5) is 10.1 Å². The highest BCUT2D eigenvalue weighted by Crippen LogP contribution is 2.38. The van der Waals surface area contributed by atoms with Gasteiger partial charge in [0.25, 0.3) is 11.5 Å². The third kappa shape index (κ3) is 5.41. The number of nitro benzene ring substituents is 1. The van der Waals surface area contributed by atoms with Crippen molar-refractivity contribution in [2.24, 2.45) is 4.99 Å². The second-order valence-electron chi connectivity index (χ2n) is 9.79. The van der Waals surface area contributed by atoms with Crippen LogP contribution < -0.4 is 24.4 Å². The molecule has 5 rings (SSSR count). The zero-order valence-electron chi connectivity index (χ0n) is 24.6. The predicted octanol–water partition coefficient (Wildman–Crippen LogP) is 4.43. The first kappa shape index (κ1) is 30.4. The minimum Gasteiger partial charge on any atom is -0.497 e. The van der Waals surface area contributed by atoms with E-state index in [2.05, 4.69) is 4.99 Å². The zero-order chi connectivity index (χ0) is 31.7. The number of carbonyl (C=O) groups excluding carboxylic acids is 1. The molecule has 0 saturated carbocycles. The Kier molecular flexibility index (Phi) is 8.50. The summed E-state index contributed by atoms with van der Waals surface area (Å²) in [6.45, 7) is 6.45. The Morgan fingerprint density at radius 2 is 1.91 bits per heavy atom. The van der Waals surface area contributed by atoms with Crippen LogP contribution in [0, 0.1) is 15.9 Å². The highest BCUT2D eigenvalue weighted by molar-refractivity contribution is 7.07. The summed E-state index contributed by atoms with van der Waals surface area (Å²) in [5.41, 5.74) is 0.602. The van der Waals surface area contributed by atoms with E-state index in [4.69, 9.17) is 13.9 Å². The van der Waals surface area contributed by atoms with Gasteiger partial charge in [-0.05, 0) is 63.2 Å². The quantitative estimate of drug-likeness (QED) is 0.200. The first-order valence-electron chi connectivity index (χ1n) is 13.7. The summed E-state index contributed by atoms with van der Waals surface area (Å²) in [5.74, 6) is 0.342. The first-order valence-corrected chi connectivity index (χ1v) is 14.5. The molecule has 0 unspecified atom stereocenters. The summed E-state index contributed by atoms with van der Waals surface area (Å²) in [6.07, 6.45) is 1.54. The van der Waals surface area contributed by atoms with E-state index >= 15 is 0 Å². The number of likely N-dealkylation sites (N-methyl/N-ethyl adjacent to an activating group) is 1. The third-order valence-electron chi connectivity index (χ3n) is 7.36. The summed E-state index contributed by atoms with van der Waals surface area (Å²) in [7, 11) is 3.05. The van der Waals surface area contributed by atoms with Crippen LogP contribution >= 0.6 is 11.3 Å². The predicted molar refractivity (Wildman–Crippen MR) is 162 cm³/mol. The second-order valence-corrected chi connectivity index (χ2v) is 10.8. The summed E-state index contributed by atoms with van der Waals surface area (Å²) in [4.78, 5) is 45.1. The number of methoxy groups -OCH3 is 2. The van der Waals surface area contributed by atoms with Crippen molar-refractivity contribution in [3.63, 3.8) is 0 Å². The molecule has 0 aliphatic carbocycles. The van der Waals surface area contributed by atoms with Crippen molar-refractivity contribution in [2.75, 3.05) is 27.3 Å². The van der Waals surface area contributed by atoms with Gasteiger partial charge in [0.2, 0.25) is 5.82 Å². The molecule has 0 saturated heterocycles. The van der Waals surface area contributed by atoms with Crippen molar-refractivity contribution in [1.29, 1.82) is 0 Å². The van der Waals surface area contributed by atoms with E-state index in [-0.39, 0.29) is 16.2 Å². The largest absolute Gasteiger partial charge is 0.497 e. The van der Waals surface area contributed by atoms with Crippen LogP contribution in [0.5, 0.6) is 11.5 Å². The highest BCUT2D eigenvalue weighted by Gasteiger charge is 2.36. The average Bonchev–Trinajstić information content (AvgIpc) is 3.60. The first-order chi connectivity index (χ1) is 21.1. The van der Waals surface area contributed by atoms with Crippen molar-refractivity contribution in [2.45, 2.75) is 26.8 Å². The fourth-order valence-electron chi connectivity index (χ4n) is 5.14. The van der Waals surface area contributed by atoms with Crippen molar-refractivity contribution in [3.8, 4) is 22.8 Å². The molecule has 0 radical (unpaired) electrons. The molecular formula is C31H29FN4O7S. The van der Waals surface area contributed by atoms with Crippen LogP contribution in [0.15, 0.2) is 74.0 Å². The molecule has 2 aromatic carbocycles. The van der Waals surface area contributed by atoms with Crippen LogP contribution in [0.3, 0.4) is 0 Å². The molecule has 3 heterocycles. The number of rotatable bonds is 9. The molecule has 11 nitrogen and oxygen atoms in total. The van der Waals surface area contributed by atoms with Gasteiger partial charge in [-0.15, -0.1) is 0 Å². The van der Waals surface area contributed by atoms with Crippen LogP contribution in [0.25, 0.3) is 17.4 Å². The maximum absolute atomic E-state index is 14.1. The minimum atomic E-state index is -0.956. The molecule has 1 aliphatic rings. The Balaban J connectivity index is 1.68. The molecule has 2 aromatic heterocycles. The Labute approximate surface area is 254 Å². The summed E-state index contributed by atoms with van der Waals surface area (Å²) in [6, 6.07) is 11.0. The second kappa shape index (κ2) is 12.3. The van der Waals surface area contributed by atoms with Gasteiger partial charge in [-0.1, -0.05) is 11.3 Å². The number of nitro groups is 1. The maximum Gasteiger partial charge on any atom is 0.305 e.